The highest BCUT2D eigenvalue weighted by atomic mass is 16.5. The van der Waals surface area contributed by atoms with E-state index < -0.39 is 0 Å². The van der Waals surface area contributed by atoms with Gasteiger partial charge in [0.05, 0.1) is 19.8 Å². The molecule has 2 N–H and O–H groups in total. The van der Waals surface area contributed by atoms with Crippen LogP contribution in [0, 0.1) is 5.92 Å². The summed E-state index contributed by atoms with van der Waals surface area (Å²) >= 11 is 0. The molecule has 0 saturated heterocycles. The van der Waals surface area contributed by atoms with Crippen LogP contribution in [0.25, 0.3) is 0 Å². The van der Waals surface area contributed by atoms with Gasteiger partial charge < -0.3 is 15.2 Å². The van der Waals surface area contributed by atoms with Gasteiger partial charge in [0.2, 0.25) is 5.91 Å². The highest BCUT2D eigenvalue weighted by Gasteiger charge is 2.10. The SMILES string of the molecule is CCCCC[C@@H](C)C(=O)NCCOCCO. The second kappa shape index (κ2) is 10.9. The topological polar surface area (TPSA) is 58.6 Å². The number of amides is 1. The van der Waals surface area contributed by atoms with Gasteiger partial charge in [-0.2, -0.15) is 0 Å². The first-order chi connectivity index (χ1) is 7.72. The van der Waals surface area contributed by atoms with Crippen LogP contribution in [-0.4, -0.2) is 37.4 Å². The van der Waals surface area contributed by atoms with Crippen molar-refractivity contribution in [2.75, 3.05) is 26.4 Å². The van der Waals surface area contributed by atoms with Gasteiger partial charge in [0.1, 0.15) is 0 Å². The van der Waals surface area contributed by atoms with Crippen molar-refractivity contribution >= 4 is 5.91 Å². The van der Waals surface area contributed by atoms with E-state index in [9.17, 15) is 4.79 Å². The molecule has 1 amide bonds. The van der Waals surface area contributed by atoms with Gasteiger partial charge in [0.25, 0.3) is 0 Å². The standard InChI is InChI=1S/C12H25NO3/c1-3-4-5-6-11(2)12(15)13-7-9-16-10-8-14/h11,14H,3-10H2,1-2H3,(H,13,15)/t11-/m1/s1. The Balaban J connectivity index is 3.40. The molecule has 0 aliphatic rings. The van der Waals surface area contributed by atoms with Crippen LogP contribution >= 0.6 is 0 Å². The molecule has 0 radical (unpaired) electrons. The number of hydrogen-bond acceptors (Lipinski definition) is 3. The molecule has 4 nitrogen and oxygen atoms in total. The highest BCUT2D eigenvalue weighted by molar-refractivity contribution is 5.78. The van der Waals surface area contributed by atoms with E-state index in [0.717, 1.165) is 12.8 Å². The highest BCUT2D eigenvalue weighted by Crippen LogP contribution is 2.08. The second-order valence-corrected chi connectivity index (χ2v) is 4.02. The molecule has 0 aromatic heterocycles. The Hall–Kier alpha value is -0.610. The van der Waals surface area contributed by atoms with Crippen LogP contribution in [0.3, 0.4) is 0 Å². The van der Waals surface area contributed by atoms with Crippen LogP contribution in [0.4, 0.5) is 0 Å². The first kappa shape index (κ1) is 15.4. The molecule has 4 heteroatoms. The number of nitrogens with one attached hydrogen (secondary N) is 1. The molecule has 0 rings (SSSR count). The molecular weight excluding hydrogens is 206 g/mol. The van der Waals surface area contributed by atoms with Crippen LogP contribution in [-0.2, 0) is 9.53 Å². The summed E-state index contributed by atoms with van der Waals surface area (Å²) in [5.41, 5.74) is 0. The minimum atomic E-state index is 0.0291. The third-order valence-electron chi connectivity index (χ3n) is 2.47. The van der Waals surface area contributed by atoms with Crippen molar-refractivity contribution < 1.29 is 14.6 Å². The number of hydrogen-bond donors (Lipinski definition) is 2. The fourth-order valence-corrected chi connectivity index (χ4v) is 1.42. The zero-order valence-corrected chi connectivity index (χ0v) is 10.5. The molecule has 0 saturated carbocycles. The van der Waals surface area contributed by atoms with Gasteiger partial charge in [-0.05, 0) is 6.42 Å². The molecule has 0 bridgehead atoms. The average Bonchev–Trinajstić information content (AvgIpc) is 2.28. The number of unbranched alkanes of at least 4 members (excludes halogenated alkanes) is 2. The molecule has 0 fully saturated rings. The van der Waals surface area contributed by atoms with Crippen LogP contribution in [0.15, 0.2) is 0 Å². The normalized spacial score (nSPS) is 12.4. The molecule has 16 heavy (non-hydrogen) atoms. The van der Waals surface area contributed by atoms with Gasteiger partial charge in [-0.1, -0.05) is 33.1 Å². The molecule has 0 spiro atoms. The van der Waals surface area contributed by atoms with E-state index in [1.807, 2.05) is 6.92 Å². The van der Waals surface area contributed by atoms with E-state index in [4.69, 9.17) is 9.84 Å². The maximum absolute atomic E-state index is 11.6. The Bertz CT molecular complexity index is 174. The lowest BCUT2D eigenvalue weighted by Crippen LogP contribution is -2.32. The van der Waals surface area contributed by atoms with Crippen molar-refractivity contribution in [3.05, 3.63) is 0 Å². The van der Waals surface area contributed by atoms with Gasteiger partial charge in [-0.3, -0.25) is 4.79 Å². The minimum Gasteiger partial charge on any atom is -0.394 e. The van der Waals surface area contributed by atoms with Crippen molar-refractivity contribution in [3.8, 4) is 0 Å². The Morgan fingerprint density at radius 1 is 1.38 bits per heavy atom. The lowest BCUT2D eigenvalue weighted by atomic mass is 10.0. The zero-order valence-electron chi connectivity index (χ0n) is 10.5. The van der Waals surface area contributed by atoms with Crippen LogP contribution in [0.2, 0.25) is 0 Å². The van der Waals surface area contributed by atoms with Gasteiger partial charge in [-0.15, -0.1) is 0 Å². The summed E-state index contributed by atoms with van der Waals surface area (Å²) in [4.78, 5) is 11.6. The van der Waals surface area contributed by atoms with E-state index in [1.54, 1.807) is 0 Å². The quantitative estimate of drug-likeness (QED) is 0.558. The lowest BCUT2D eigenvalue weighted by molar-refractivity contribution is -0.124. The molecule has 0 aliphatic heterocycles. The van der Waals surface area contributed by atoms with Gasteiger partial charge in [-0.25, -0.2) is 0 Å². The molecular formula is C12H25NO3. The van der Waals surface area contributed by atoms with E-state index in [-0.39, 0.29) is 18.4 Å². The number of rotatable bonds is 10. The maximum Gasteiger partial charge on any atom is 0.222 e. The number of carbonyl (C=O) groups excluding carboxylic acids is 1. The van der Waals surface area contributed by atoms with Crippen molar-refractivity contribution in [2.45, 2.75) is 39.5 Å². The Kier molecular flexibility index (Phi) is 10.5. The Labute approximate surface area is 98.4 Å². The van der Waals surface area contributed by atoms with Gasteiger partial charge in [0.15, 0.2) is 0 Å². The van der Waals surface area contributed by atoms with Gasteiger partial charge in [0, 0.05) is 12.5 Å². The minimum absolute atomic E-state index is 0.0291. The summed E-state index contributed by atoms with van der Waals surface area (Å²) in [5.74, 6) is 0.188. The first-order valence-corrected chi connectivity index (χ1v) is 6.18. The fourth-order valence-electron chi connectivity index (χ4n) is 1.42. The molecule has 0 unspecified atom stereocenters. The summed E-state index contributed by atoms with van der Waals surface area (Å²) in [6, 6.07) is 0. The molecule has 96 valence electrons. The average molecular weight is 231 g/mol. The van der Waals surface area contributed by atoms with Crippen molar-refractivity contribution in [1.29, 1.82) is 0 Å². The summed E-state index contributed by atoms with van der Waals surface area (Å²) in [6.45, 7) is 5.47. The molecule has 0 heterocycles. The largest absolute Gasteiger partial charge is 0.394 e. The third kappa shape index (κ3) is 8.68. The summed E-state index contributed by atoms with van der Waals surface area (Å²) in [7, 11) is 0. The molecule has 0 aromatic rings. The number of ether oxygens (including phenoxy) is 1. The Morgan fingerprint density at radius 3 is 2.75 bits per heavy atom. The van der Waals surface area contributed by atoms with Crippen molar-refractivity contribution in [3.63, 3.8) is 0 Å². The smallest absolute Gasteiger partial charge is 0.222 e. The first-order valence-electron chi connectivity index (χ1n) is 6.18. The third-order valence-corrected chi connectivity index (χ3v) is 2.47. The van der Waals surface area contributed by atoms with Crippen molar-refractivity contribution in [1.82, 2.24) is 5.32 Å². The number of aliphatic hydroxyl groups is 1. The number of aliphatic hydroxyl groups excluding tert-OH is 1. The van der Waals surface area contributed by atoms with E-state index in [0.29, 0.717) is 19.8 Å². The van der Waals surface area contributed by atoms with E-state index in [1.165, 1.54) is 12.8 Å². The monoisotopic (exact) mass is 231 g/mol. The van der Waals surface area contributed by atoms with E-state index in [2.05, 4.69) is 12.2 Å². The predicted molar refractivity (Wildman–Crippen MR) is 64.2 cm³/mol. The predicted octanol–water partition coefficient (Wildman–Crippen LogP) is 1.33. The Morgan fingerprint density at radius 2 is 2.12 bits per heavy atom. The molecule has 1 atom stereocenters. The van der Waals surface area contributed by atoms with E-state index >= 15 is 0 Å². The van der Waals surface area contributed by atoms with Crippen LogP contribution in [0.5, 0.6) is 0 Å². The zero-order chi connectivity index (χ0) is 12.2. The van der Waals surface area contributed by atoms with Crippen molar-refractivity contribution in [2.24, 2.45) is 5.92 Å². The molecule has 0 aromatic carbocycles. The maximum atomic E-state index is 11.6. The summed E-state index contributed by atoms with van der Waals surface area (Å²) in [6.07, 6.45) is 4.45. The summed E-state index contributed by atoms with van der Waals surface area (Å²) in [5, 5.41) is 11.3. The molecule has 0 aliphatic carbocycles. The second-order valence-electron chi connectivity index (χ2n) is 4.02. The van der Waals surface area contributed by atoms with Crippen LogP contribution < -0.4 is 5.32 Å². The fraction of sp³-hybridized carbons (Fsp3) is 0.917. The number of carbonyl (C=O) groups is 1. The summed E-state index contributed by atoms with van der Waals surface area (Å²) < 4.78 is 5.05. The lowest BCUT2D eigenvalue weighted by Gasteiger charge is -2.11. The van der Waals surface area contributed by atoms with Crippen LogP contribution in [0.1, 0.15) is 39.5 Å². The van der Waals surface area contributed by atoms with Gasteiger partial charge >= 0.3 is 0 Å².